The van der Waals surface area contributed by atoms with Gasteiger partial charge in [0.05, 0.1) is 17.0 Å². The van der Waals surface area contributed by atoms with Crippen molar-refractivity contribution in [3.63, 3.8) is 0 Å². The third-order valence-corrected chi connectivity index (χ3v) is 2.98. The van der Waals surface area contributed by atoms with Crippen LogP contribution >= 0.6 is 0 Å². The van der Waals surface area contributed by atoms with Gasteiger partial charge in [0.15, 0.2) is 11.8 Å². The monoisotopic (exact) mass is 308 g/mol. The Morgan fingerprint density at radius 1 is 1.55 bits per heavy atom. The lowest BCUT2D eigenvalue weighted by molar-refractivity contribution is -0.384. The molecule has 0 spiro atoms. The first-order valence-electron chi connectivity index (χ1n) is 6.10. The topological polar surface area (TPSA) is 147 Å². The van der Waals surface area contributed by atoms with Crippen LogP contribution in [0.4, 0.5) is 5.69 Å². The van der Waals surface area contributed by atoms with Gasteiger partial charge in [-0.1, -0.05) is 0 Å². The van der Waals surface area contributed by atoms with Crippen molar-refractivity contribution in [2.75, 3.05) is 13.7 Å². The fourth-order valence-electron chi connectivity index (χ4n) is 1.83. The molecule has 1 aromatic carbocycles. The van der Waals surface area contributed by atoms with Gasteiger partial charge in [0.1, 0.15) is 0 Å². The number of carbonyl (C=O) groups excluding carboxylic acids is 1. The molecule has 3 N–H and O–H groups in total. The van der Waals surface area contributed by atoms with Crippen LogP contribution in [0.1, 0.15) is 10.5 Å². The summed E-state index contributed by atoms with van der Waals surface area (Å²) in [5.41, 5.74) is 0.222. The quantitative estimate of drug-likeness (QED) is 0.513. The van der Waals surface area contributed by atoms with Crippen LogP contribution in [0.3, 0.4) is 0 Å². The molecule has 1 heterocycles. The van der Waals surface area contributed by atoms with E-state index >= 15 is 0 Å². The number of nitrogens with zero attached hydrogens (tertiary/aromatic N) is 2. The first kappa shape index (κ1) is 15.4. The number of H-pyrrole nitrogens is 1. The number of nitro groups is 1. The molecule has 0 fully saturated rings. The van der Waals surface area contributed by atoms with Gasteiger partial charge in [-0.3, -0.25) is 20.0 Å². The van der Waals surface area contributed by atoms with Crippen molar-refractivity contribution >= 4 is 28.5 Å². The van der Waals surface area contributed by atoms with E-state index in [1.165, 1.54) is 25.3 Å². The van der Waals surface area contributed by atoms with Crippen molar-refractivity contribution in [3.05, 3.63) is 34.0 Å². The fourth-order valence-corrected chi connectivity index (χ4v) is 1.83. The molecule has 0 radical (unpaired) electrons. The van der Waals surface area contributed by atoms with E-state index < -0.39 is 22.9 Å². The molecule has 0 saturated carbocycles. The average molecular weight is 308 g/mol. The van der Waals surface area contributed by atoms with Crippen molar-refractivity contribution in [2.24, 2.45) is 0 Å². The van der Waals surface area contributed by atoms with E-state index in [-0.39, 0.29) is 23.3 Å². The maximum Gasteiger partial charge on any atom is 0.334 e. The number of aromatic nitrogens is 2. The first-order chi connectivity index (χ1) is 10.4. The third kappa shape index (κ3) is 3.01. The second kappa shape index (κ2) is 6.18. The highest BCUT2D eigenvalue weighted by molar-refractivity contribution is 6.05. The van der Waals surface area contributed by atoms with Gasteiger partial charge in [0.2, 0.25) is 0 Å². The number of benzene rings is 1. The molecule has 0 saturated heterocycles. The number of methoxy groups -OCH3 is 1. The summed E-state index contributed by atoms with van der Waals surface area (Å²) in [5.74, 6) is -1.87. The van der Waals surface area contributed by atoms with Crippen LogP contribution in [0.25, 0.3) is 10.9 Å². The maximum absolute atomic E-state index is 12.0. The molecular formula is C12H12N4O6. The number of carboxylic acid groups (broad SMARTS) is 1. The second-order valence-electron chi connectivity index (χ2n) is 4.33. The minimum absolute atomic E-state index is 0.0565. The number of hydrogen-bond acceptors (Lipinski definition) is 6. The molecule has 116 valence electrons. The molecule has 22 heavy (non-hydrogen) atoms. The van der Waals surface area contributed by atoms with Crippen molar-refractivity contribution in [1.29, 1.82) is 0 Å². The lowest BCUT2D eigenvalue weighted by atomic mass is 10.2. The van der Waals surface area contributed by atoms with Gasteiger partial charge in [0.25, 0.3) is 11.6 Å². The Kier molecular flexibility index (Phi) is 4.32. The average Bonchev–Trinajstić information content (AvgIpc) is 2.90. The molecule has 2 aromatic rings. The van der Waals surface area contributed by atoms with E-state index in [1.54, 1.807) is 0 Å². The van der Waals surface area contributed by atoms with Crippen LogP contribution < -0.4 is 5.32 Å². The number of nitrogens with one attached hydrogen (secondary N) is 2. The summed E-state index contributed by atoms with van der Waals surface area (Å²) in [7, 11) is 1.21. The lowest BCUT2D eigenvalue weighted by Gasteiger charge is -2.10. The molecular weight excluding hydrogens is 296 g/mol. The Balaban J connectivity index is 2.22. The number of fused-ring (bicyclic) bond motifs is 1. The van der Waals surface area contributed by atoms with E-state index in [1.807, 2.05) is 0 Å². The van der Waals surface area contributed by atoms with Gasteiger partial charge in [-0.15, -0.1) is 0 Å². The molecule has 10 nitrogen and oxygen atoms in total. The Labute approximate surface area is 123 Å². The predicted molar refractivity (Wildman–Crippen MR) is 73.5 cm³/mol. The molecule has 0 aliphatic heterocycles. The summed E-state index contributed by atoms with van der Waals surface area (Å²) >= 11 is 0. The smallest absolute Gasteiger partial charge is 0.334 e. The van der Waals surface area contributed by atoms with Crippen molar-refractivity contribution in [3.8, 4) is 0 Å². The molecule has 1 aromatic heterocycles. The number of rotatable bonds is 6. The van der Waals surface area contributed by atoms with Crippen molar-refractivity contribution in [1.82, 2.24) is 15.5 Å². The summed E-state index contributed by atoms with van der Waals surface area (Å²) in [6.45, 7) is -0.256. The highest BCUT2D eigenvalue weighted by Crippen LogP contribution is 2.21. The molecule has 1 amide bonds. The van der Waals surface area contributed by atoms with Crippen LogP contribution in [-0.2, 0) is 9.53 Å². The van der Waals surface area contributed by atoms with Crippen LogP contribution in [-0.4, -0.2) is 51.9 Å². The van der Waals surface area contributed by atoms with E-state index in [9.17, 15) is 19.7 Å². The number of amides is 1. The minimum Gasteiger partial charge on any atom is -0.479 e. The van der Waals surface area contributed by atoms with Gasteiger partial charge in [0, 0.05) is 24.6 Å². The zero-order valence-corrected chi connectivity index (χ0v) is 11.4. The fraction of sp³-hybridized carbons (Fsp3) is 0.250. The standard InChI is InChI=1S/C12H12N4O6/c1-22-9(12(18)19)5-13-11(17)10-7-4-6(16(20)21)2-3-8(7)14-15-10/h2-4,9H,5H2,1H3,(H,13,17)(H,14,15)(H,18,19). The van der Waals surface area contributed by atoms with Gasteiger partial charge < -0.3 is 15.2 Å². The van der Waals surface area contributed by atoms with Gasteiger partial charge in [-0.05, 0) is 6.07 Å². The highest BCUT2D eigenvalue weighted by atomic mass is 16.6. The molecule has 2 rings (SSSR count). The van der Waals surface area contributed by atoms with E-state index in [2.05, 4.69) is 20.3 Å². The first-order valence-corrected chi connectivity index (χ1v) is 6.10. The minimum atomic E-state index is -1.22. The maximum atomic E-state index is 12.0. The molecule has 0 bridgehead atoms. The molecule has 1 unspecified atom stereocenters. The van der Waals surface area contributed by atoms with E-state index in [4.69, 9.17) is 5.11 Å². The number of hydrogen-bond donors (Lipinski definition) is 3. The summed E-state index contributed by atoms with van der Waals surface area (Å²) < 4.78 is 4.69. The summed E-state index contributed by atoms with van der Waals surface area (Å²) in [5, 5.41) is 28.6. The number of aromatic amines is 1. The number of non-ortho nitro benzene ring substituents is 1. The zero-order chi connectivity index (χ0) is 16.3. The third-order valence-electron chi connectivity index (χ3n) is 2.98. The lowest BCUT2D eigenvalue weighted by Crippen LogP contribution is -2.38. The summed E-state index contributed by atoms with van der Waals surface area (Å²) in [6.07, 6.45) is -1.19. The highest BCUT2D eigenvalue weighted by Gasteiger charge is 2.21. The normalized spacial score (nSPS) is 12.0. The predicted octanol–water partition coefficient (Wildman–Crippen LogP) is 0.301. The van der Waals surface area contributed by atoms with Crippen LogP contribution in [0, 0.1) is 10.1 Å². The molecule has 0 aliphatic carbocycles. The molecule has 1 atom stereocenters. The Hall–Kier alpha value is -3.01. The van der Waals surface area contributed by atoms with Gasteiger partial charge >= 0.3 is 5.97 Å². The van der Waals surface area contributed by atoms with Crippen molar-refractivity contribution in [2.45, 2.75) is 6.10 Å². The largest absolute Gasteiger partial charge is 0.479 e. The summed E-state index contributed by atoms with van der Waals surface area (Å²) in [6, 6.07) is 3.94. The number of ether oxygens (including phenoxy) is 1. The number of aliphatic carboxylic acids is 1. The van der Waals surface area contributed by atoms with Crippen LogP contribution in [0.2, 0.25) is 0 Å². The number of carboxylic acids is 1. The zero-order valence-electron chi connectivity index (χ0n) is 11.4. The van der Waals surface area contributed by atoms with E-state index in [0.29, 0.717) is 5.52 Å². The molecule has 0 aliphatic rings. The Morgan fingerprint density at radius 2 is 2.27 bits per heavy atom. The van der Waals surface area contributed by atoms with Crippen molar-refractivity contribution < 1.29 is 24.4 Å². The van der Waals surface area contributed by atoms with Gasteiger partial charge in [-0.25, -0.2) is 4.79 Å². The SMILES string of the molecule is COC(CNC(=O)c1n[nH]c2ccc([N+](=O)[O-])cc12)C(=O)O. The van der Waals surface area contributed by atoms with Crippen LogP contribution in [0.5, 0.6) is 0 Å². The summed E-state index contributed by atoms with van der Waals surface area (Å²) in [4.78, 5) is 33.0. The number of nitro benzene ring substituents is 1. The second-order valence-corrected chi connectivity index (χ2v) is 4.33. The Bertz CT molecular complexity index is 740. The number of carbonyl (C=O) groups is 2. The molecule has 10 heteroatoms. The Morgan fingerprint density at radius 3 is 2.86 bits per heavy atom. The van der Waals surface area contributed by atoms with Gasteiger partial charge in [-0.2, -0.15) is 5.10 Å². The van der Waals surface area contributed by atoms with Crippen LogP contribution in [0.15, 0.2) is 18.2 Å². The van der Waals surface area contributed by atoms with E-state index in [0.717, 1.165) is 0 Å².